The van der Waals surface area contributed by atoms with E-state index >= 15 is 0 Å². The Kier molecular flexibility index (Phi) is 5.56. The highest BCUT2D eigenvalue weighted by molar-refractivity contribution is 7.14. The summed E-state index contributed by atoms with van der Waals surface area (Å²) in [7, 11) is 0. The van der Waals surface area contributed by atoms with Gasteiger partial charge in [0.15, 0.2) is 5.13 Å². The van der Waals surface area contributed by atoms with Gasteiger partial charge in [-0.05, 0) is 24.1 Å². The number of carbonyl (C=O) groups is 2. The van der Waals surface area contributed by atoms with Crippen molar-refractivity contribution in [3.05, 3.63) is 40.9 Å². The monoisotopic (exact) mass is 347 g/mol. The van der Waals surface area contributed by atoms with Crippen LogP contribution in [0.15, 0.2) is 29.6 Å². The maximum atomic E-state index is 12.1. The number of carbonyl (C=O) groups excluding carboxylic acids is 1. The maximum absolute atomic E-state index is 12.1. The van der Waals surface area contributed by atoms with Crippen molar-refractivity contribution in [2.75, 3.05) is 10.6 Å². The van der Waals surface area contributed by atoms with E-state index in [0.29, 0.717) is 17.2 Å². The topological polar surface area (TPSA) is 91.3 Å². The van der Waals surface area contributed by atoms with Crippen LogP contribution in [0.1, 0.15) is 38.4 Å². The number of urea groups is 1. The molecule has 0 atom stereocenters. The number of aliphatic carboxylic acids is 1. The minimum atomic E-state index is -0.843. The molecular formula is C17H21N3O3S. The van der Waals surface area contributed by atoms with Gasteiger partial charge in [-0.1, -0.05) is 32.9 Å². The van der Waals surface area contributed by atoms with E-state index in [1.165, 1.54) is 11.3 Å². The van der Waals surface area contributed by atoms with Crippen LogP contribution in [0, 0.1) is 0 Å². The molecular weight excluding hydrogens is 326 g/mol. The molecule has 2 amide bonds. The lowest BCUT2D eigenvalue weighted by atomic mass is 9.93. The highest BCUT2D eigenvalue weighted by atomic mass is 32.1. The smallest absolute Gasteiger partial charge is 0.325 e. The second-order valence-corrected chi connectivity index (χ2v) is 7.32. The van der Waals surface area contributed by atoms with Crippen LogP contribution < -0.4 is 10.6 Å². The predicted octanol–water partition coefficient (Wildman–Crippen LogP) is 4.10. The van der Waals surface area contributed by atoms with Crippen LogP contribution in [-0.4, -0.2) is 22.1 Å². The largest absolute Gasteiger partial charge is 0.481 e. The molecule has 6 nitrogen and oxygen atoms in total. The van der Waals surface area contributed by atoms with Gasteiger partial charge in [-0.25, -0.2) is 9.78 Å². The number of thiazole rings is 1. The Labute approximate surface area is 144 Å². The van der Waals surface area contributed by atoms with Crippen LogP contribution in [-0.2, 0) is 16.6 Å². The summed E-state index contributed by atoms with van der Waals surface area (Å²) in [6.07, 6.45) is 0.484. The fourth-order valence-corrected chi connectivity index (χ4v) is 2.92. The van der Waals surface area contributed by atoms with Crippen molar-refractivity contribution in [2.45, 2.75) is 39.0 Å². The van der Waals surface area contributed by atoms with Crippen LogP contribution in [0.4, 0.5) is 15.6 Å². The van der Waals surface area contributed by atoms with Gasteiger partial charge in [0.25, 0.3) is 0 Å². The van der Waals surface area contributed by atoms with Crippen molar-refractivity contribution in [3.8, 4) is 0 Å². The van der Waals surface area contributed by atoms with E-state index in [0.717, 1.165) is 11.3 Å². The van der Waals surface area contributed by atoms with E-state index < -0.39 is 5.97 Å². The first-order chi connectivity index (χ1) is 11.2. The number of benzene rings is 1. The number of aromatic nitrogens is 1. The maximum Gasteiger partial charge on any atom is 0.325 e. The van der Waals surface area contributed by atoms with Gasteiger partial charge in [0.2, 0.25) is 0 Å². The fourth-order valence-electron chi connectivity index (χ4n) is 1.99. The molecule has 128 valence electrons. The summed E-state index contributed by atoms with van der Waals surface area (Å²) in [6, 6.07) is 6.77. The number of rotatable bonds is 5. The molecule has 0 aliphatic carbocycles. The molecule has 0 spiro atoms. The number of aryl methyl sites for hydroxylation is 1. The van der Waals surface area contributed by atoms with E-state index in [1.807, 2.05) is 11.4 Å². The average Bonchev–Trinajstić information content (AvgIpc) is 2.94. The lowest BCUT2D eigenvalue weighted by Gasteiger charge is -2.14. The highest BCUT2D eigenvalue weighted by Gasteiger charge is 2.18. The third kappa shape index (κ3) is 5.34. The summed E-state index contributed by atoms with van der Waals surface area (Å²) in [4.78, 5) is 27.1. The number of amides is 2. The Morgan fingerprint density at radius 1 is 1.25 bits per heavy atom. The molecule has 0 aliphatic heterocycles. The summed E-state index contributed by atoms with van der Waals surface area (Å²) in [5.74, 6) is -0.843. The van der Waals surface area contributed by atoms with Gasteiger partial charge in [-0.15, -0.1) is 11.3 Å². The summed E-state index contributed by atoms with van der Waals surface area (Å²) >= 11 is 1.38. The summed E-state index contributed by atoms with van der Waals surface area (Å²) in [5.41, 5.74) is 2.34. The van der Waals surface area contributed by atoms with Crippen molar-refractivity contribution in [2.24, 2.45) is 0 Å². The molecule has 1 aromatic carbocycles. The van der Waals surface area contributed by atoms with Gasteiger partial charge in [0.1, 0.15) is 0 Å². The first-order valence-electron chi connectivity index (χ1n) is 7.59. The summed E-state index contributed by atoms with van der Waals surface area (Å²) in [6.45, 7) is 6.19. The first-order valence-corrected chi connectivity index (χ1v) is 8.47. The van der Waals surface area contributed by atoms with E-state index in [1.54, 1.807) is 18.2 Å². The van der Waals surface area contributed by atoms with Crippen molar-refractivity contribution < 1.29 is 14.7 Å². The van der Waals surface area contributed by atoms with Gasteiger partial charge in [-0.3, -0.25) is 10.1 Å². The summed E-state index contributed by atoms with van der Waals surface area (Å²) < 4.78 is 0. The van der Waals surface area contributed by atoms with E-state index in [-0.39, 0.29) is 17.9 Å². The number of nitrogens with one attached hydrogen (secondary N) is 2. The number of nitrogens with zero attached hydrogens (tertiary/aromatic N) is 1. The van der Waals surface area contributed by atoms with Crippen LogP contribution >= 0.6 is 11.3 Å². The molecule has 3 N–H and O–H groups in total. The Morgan fingerprint density at radius 3 is 2.62 bits per heavy atom. The molecule has 0 saturated carbocycles. The molecule has 2 aromatic rings. The zero-order chi connectivity index (χ0) is 17.7. The number of carboxylic acid groups (broad SMARTS) is 1. The molecule has 1 heterocycles. The molecule has 1 aromatic heterocycles. The normalized spacial score (nSPS) is 11.1. The van der Waals surface area contributed by atoms with Crippen molar-refractivity contribution in [1.82, 2.24) is 4.98 Å². The number of hydrogen-bond acceptors (Lipinski definition) is 4. The standard InChI is InChI=1S/C17H21N3O3S/c1-17(2,3)13-10-24-16(19-13)20-15(23)18-12-6-4-5-11(9-12)7-8-14(21)22/h4-6,9-10H,7-8H2,1-3H3,(H,21,22)(H2,18,19,20,23). The van der Waals surface area contributed by atoms with E-state index in [9.17, 15) is 9.59 Å². The average molecular weight is 347 g/mol. The Bertz CT molecular complexity index is 735. The van der Waals surface area contributed by atoms with Crippen LogP contribution in [0.5, 0.6) is 0 Å². The van der Waals surface area contributed by atoms with Crippen molar-refractivity contribution in [1.29, 1.82) is 0 Å². The highest BCUT2D eigenvalue weighted by Crippen LogP contribution is 2.26. The van der Waals surface area contributed by atoms with Crippen molar-refractivity contribution in [3.63, 3.8) is 0 Å². The van der Waals surface area contributed by atoms with Crippen molar-refractivity contribution >= 4 is 34.2 Å². The van der Waals surface area contributed by atoms with Crippen LogP contribution in [0.2, 0.25) is 0 Å². The third-order valence-electron chi connectivity index (χ3n) is 3.31. The molecule has 0 fully saturated rings. The molecule has 0 aliphatic rings. The number of hydrogen-bond donors (Lipinski definition) is 3. The second-order valence-electron chi connectivity index (χ2n) is 6.46. The van der Waals surface area contributed by atoms with Gasteiger partial charge in [0.05, 0.1) is 5.69 Å². The fraction of sp³-hybridized carbons (Fsp3) is 0.353. The quantitative estimate of drug-likeness (QED) is 0.759. The Balaban J connectivity index is 1.96. The summed E-state index contributed by atoms with van der Waals surface area (Å²) in [5, 5.41) is 16.7. The number of anilines is 2. The Morgan fingerprint density at radius 2 is 2.00 bits per heavy atom. The zero-order valence-corrected chi connectivity index (χ0v) is 14.7. The number of carboxylic acids is 1. The molecule has 0 radical (unpaired) electrons. The van der Waals surface area contributed by atoms with Gasteiger partial charge in [-0.2, -0.15) is 0 Å². The van der Waals surface area contributed by atoms with Gasteiger partial charge >= 0.3 is 12.0 Å². The van der Waals surface area contributed by atoms with Gasteiger partial charge in [0, 0.05) is 22.9 Å². The predicted molar refractivity (Wildman–Crippen MR) is 95.9 cm³/mol. The van der Waals surface area contributed by atoms with Gasteiger partial charge < -0.3 is 10.4 Å². The zero-order valence-electron chi connectivity index (χ0n) is 13.9. The van der Waals surface area contributed by atoms with Crippen LogP contribution in [0.3, 0.4) is 0 Å². The molecule has 0 unspecified atom stereocenters. The second kappa shape index (κ2) is 7.44. The molecule has 2 rings (SSSR count). The lowest BCUT2D eigenvalue weighted by Crippen LogP contribution is -2.20. The van der Waals surface area contributed by atoms with E-state index in [2.05, 4.69) is 36.4 Å². The SMILES string of the molecule is CC(C)(C)c1csc(NC(=O)Nc2cccc(CCC(=O)O)c2)n1. The molecule has 0 saturated heterocycles. The first kappa shape index (κ1) is 17.9. The molecule has 24 heavy (non-hydrogen) atoms. The Hall–Kier alpha value is -2.41. The van der Waals surface area contributed by atoms with Crippen LogP contribution in [0.25, 0.3) is 0 Å². The molecule has 7 heteroatoms. The minimum Gasteiger partial charge on any atom is -0.481 e. The minimum absolute atomic E-state index is 0.0599. The van der Waals surface area contributed by atoms with E-state index in [4.69, 9.17) is 5.11 Å². The third-order valence-corrected chi connectivity index (χ3v) is 4.06. The lowest BCUT2D eigenvalue weighted by molar-refractivity contribution is -0.136. The molecule has 0 bridgehead atoms.